The van der Waals surface area contributed by atoms with Gasteiger partial charge >= 0.3 is 0 Å². The molecular formula is C15H17ClNO2Y-. The zero-order chi connectivity index (χ0) is 13.7. The van der Waals surface area contributed by atoms with Gasteiger partial charge in [-0.1, -0.05) is 13.0 Å². The summed E-state index contributed by atoms with van der Waals surface area (Å²) in [7, 11) is 1.65. The standard InChI is InChI=1S/C15H17ClNO2.Y/c1-11-14(16)7-8-15(17-11)12-3-5-13(6-4-12)19-10-9-18-2;/h3-6,14,17H,1,7,9-10H2,2H3;/q-1;. The Morgan fingerprint density at radius 3 is 2.65 bits per heavy atom. The van der Waals surface area contributed by atoms with Crippen LogP contribution in [0.25, 0.3) is 5.70 Å². The summed E-state index contributed by atoms with van der Waals surface area (Å²) in [6, 6.07) is 7.83. The number of nitrogens with one attached hydrogen (secondary N) is 1. The van der Waals surface area contributed by atoms with E-state index in [2.05, 4.69) is 18.0 Å². The van der Waals surface area contributed by atoms with E-state index >= 15 is 0 Å². The van der Waals surface area contributed by atoms with Crippen LogP contribution >= 0.6 is 11.6 Å². The van der Waals surface area contributed by atoms with Gasteiger partial charge in [0.25, 0.3) is 0 Å². The molecule has 0 bridgehead atoms. The zero-order valence-electron chi connectivity index (χ0n) is 11.5. The summed E-state index contributed by atoms with van der Waals surface area (Å²) < 4.78 is 10.4. The Hall–Kier alpha value is -0.346. The number of hydrogen-bond donors (Lipinski definition) is 1. The van der Waals surface area contributed by atoms with Crippen LogP contribution in [0.4, 0.5) is 0 Å². The van der Waals surface area contributed by atoms with Crippen LogP contribution in [-0.2, 0) is 37.4 Å². The molecule has 1 atom stereocenters. The average molecular weight is 368 g/mol. The number of methoxy groups -OCH3 is 1. The van der Waals surface area contributed by atoms with Gasteiger partial charge in [-0.3, -0.25) is 0 Å². The summed E-state index contributed by atoms with van der Waals surface area (Å²) in [6.07, 6.45) is 3.91. The van der Waals surface area contributed by atoms with Crippen LogP contribution in [0.1, 0.15) is 12.0 Å². The van der Waals surface area contributed by atoms with Crippen molar-refractivity contribution in [3.8, 4) is 5.75 Å². The molecule has 0 spiro atoms. The molecular weight excluding hydrogens is 351 g/mol. The van der Waals surface area contributed by atoms with Crippen molar-refractivity contribution in [3.05, 3.63) is 48.2 Å². The Morgan fingerprint density at radius 2 is 2.05 bits per heavy atom. The van der Waals surface area contributed by atoms with Gasteiger partial charge in [0.05, 0.1) is 12.0 Å². The van der Waals surface area contributed by atoms with E-state index in [-0.39, 0.29) is 38.1 Å². The van der Waals surface area contributed by atoms with Crippen molar-refractivity contribution < 1.29 is 42.2 Å². The number of alkyl halides is 1. The molecule has 1 aromatic carbocycles. The monoisotopic (exact) mass is 367 g/mol. The fraction of sp³-hybridized carbons (Fsp3) is 0.333. The summed E-state index contributed by atoms with van der Waals surface area (Å²) in [4.78, 5) is 0. The number of rotatable bonds is 5. The first-order valence-electron chi connectivity index (χ1n) is 6.13. The van der Waals surface area contributed by atoms with Gasteiger partial charge in [-0.25, -0.2) is 6.08 Å². The topological polar surface area (TPSA) is 30.5 Å². The van der Waals surface area contributed by atoms with Crippen LogP contribution in [0.5, 0.6) is 5.75 Å². The molecule has 0 fully saturated rings. The minimum absolute atomic E-state index is 0. The van der Waals surface area contributed by atoms with E-state index in [1.54, 1.807) is 7.11 Å². The van der Waals surface area contributed by atoms with Gasteiger partial charge in [0.2, 0.25) is 0 Å². The molecule has 5 heteroatoms. The van der Waals surface area contributed by atoms with Gasteiger partial charge in [0.15, 0.2) is 0 Å². The minimum Gasteiger partial charge on any atom is -0.491 e. The largest absolute Gasteiger partial charge is 0.491 e. The molecule has 2 rings (SSSR count). The van der Waals surface area contributed by atoms with Crippen LogP contribution in [0.3, 0.4) is 0 Å². The first-order chi connectivity index (χ1) is 9.20. The van der Waals surface area contributed by atoms with Crippen molar-refractivity contribution in [1.82, 2.24) is 5.32 Å². The van der Waals surface area contributed by atoms with E-state index in [4.69, 9.17) is 21.1 Å². The smallest absolute Gasteiger partial charge is 0.116 e. The second-order valence-electron chi connectivity index (χ2n) is 4.24. The van der Waals surface area contributed by atoms with Crippen molar-refractivity contribution in [3.63, 3.8) is 0 Å². The Kier molecular flexibility index (Phi) is 7.82. The molecule has 1 radical (unpaired) electrons. The van der Waals surface area contributed by atoms with E-state index in [0.29, 0.717) is 19.6 Å². The molecule has 1 aromatic rings. The number of hydrogen-bond acceptors (Lipinski definition) is 3. The van der Waals surface area contributed by atoms with Gasteiger partial charge < -0.3 is 14.8 Å². The van der Waals surface area contributed by atoms with Crippen LogP contribution in [-0.4, -0.2) is 25.7 Å². The summed E-state index contributed by atoms with van der Waals surface area (Å²) in [5, 5.41) is 3.09. The van der Waals surface area contributed by atoms with Crippen molar-refractivity contribution in [2.24, 2.45) is 0 Å². The summed E-state index contributed by atoms with van der Waals surface area (Å²) in [5.74, 6) is 0.825. The number of allylic oxidation sites excluding steroid dienone is 2. The van der Waals surface area contributed by atoms with Gasteiger partial charge in [-0.2, -0.15) is 5.56 Å². The SMILES string of the molecule is C=C1NC(c2ccc(OCCOC)cc2)=[C-]CC1Cl.[Y]. The van der Waals surface area contributed by atoms with E-state index in [1.807, 2.05) is 24.3 Å². The molecule has 1 heterocycles. The Labute approximate surface area is 150 Å². The predicted molar refractivity (Wildman–Crippen MR) is 77.0 cm³/mol. The Balaban J connectivity index is 0.00000200. The van der Waals surface area contributed by atoms with Crippen LogP contribution < -0.4 is 10.1 Å². The second-order valence-corrected chi connectivity index (χ2v) is 4.77. The third kappa shape index (κ3) is 4.89. The molecule has 0 saturated carbocycles. The fourth-order valence-electron chi connectivity index (χ4n) is 1.73. The molecule has 1 N–H and O–H groups in total. The van der Waals surface area contributed by atoms with E-state index < -0.39 is 0 Å². The fourth-order valence-corrected chi connectivity index (χ4v) is 1.86. The maximum atomic E-state index is 6.05. The first kappa shape index (κ1) is 17.7. The van der Waals surface area contributed by atoms with Crippen molar-refractivity contribution in [1.29, 1.82) is 0 Å². The zero-order valence-corrected chi connectivity index (χ0v) is 15.1. The van der Waals surface area contributed by atoms with Crippen molar-refractivity contribution >= 4 is 17.3 Å². The van der Waals surface area contributed by atoms with Crippen molar-refractivity contribution in [2.75, 3.05) is 20.3 Å². The van der Waals surface area contributed by atoms with Crippen LogP contribution in [0.2, 0.25) is 0 Å². The van der Waals surface area contributed by atoms with Crippen LogP contribution in [0.15, 0.2) is 36.5 Å². The molecule has 3 nitrogen and oxygen atoms in total. The summed E-state index contributed by atoms with van der Waals surface area (Å²) in [6.45, 7) is 5.03. The predicted octanol–water partition coefficient (Wildman–Crippen LogP) is 2.97. The van der Waals surface area contributed by atoms with Gasteiger partial charge in [0, 0.05) is 45.5 Å². The molecule has 105 valence electrons. The molecule has 1 aliphatic rings. The maximum absolute atomic E-state index is 6.05. The normalized spacial score (nSPS) is 17.8. The van der Waals surface area contributed by atoms with E-state index in [1.165, 1.54) is 0 Å². The molecule has 0 amide bonds. The average Bonchev–Trinajstić information content (AvgIpc) is 2.43. The summed E-state index contributed by atoms with van der Waals surface area (Å²) in [5.41, 5.74) is 2.78. The van der Waals surface area contributed by atoms with Crippen molar-refractivity contribution in [2.45, 2.75) is 11.8 Å². The molecule has 20 heavy (non-hydrogen) atoms. The third-order valence-electron chi connectivity index (χ3n) is 2.82. The number of ether oxygens (including phenoxy) is 2. The quantitative estimate of drug-likeness (QED) is 0.493. The molecule has 0 saturated heterocycles. The molecule has 0 aromatic heterocycles. The van der Waals surface area contributed by atoms with Gasteiger partial charge in [-0.15, -0.1) is 29.4 Å². The van der Waals surface area contributed by atoms with E-state index in [9.17, 15) is 0 Å². The minimum atomic E-state index is -0.0830. The number of benzene rings is 1. The first-order valence-corrected chi connectivity index (χ1v) is 6.57. The molecule has 1 aliphatic heterocycles. The van der Waals surface area contributed by atoms with E-state index in [0.717, 1.165) is 22.7 Å². The third-order valence-corrected chi connectivity index (χ3v) is 3.24. The summed E-state index contributed by atoms with van der Waals surface area (Å²) >= 11 is 6.05. The number of halogens is 1. The Bertz CT molecular complexity index is 473. The van der Waals surface area contributed by atoms with Crippen LogP contribution in [0, 0.1) is 6.08 Å². The van der Waals surface area contributed by atoms with Gasteiger partial charge in [0.1, 0.15) is 12.4 Å². The Morgan fingerprint density at radius 1 is 1.35 bits per heavy atom. The second kappa shape index (κ2) is 8.83. The molecule has 1 unspecified atom stereocenters. The maximum Gasteiger partial charge on any atom is 0.116 e. The molecule has 0 aliphatic carbocycles. The van der Waals surface area contributed by atoms with Gasteiger partial charge in [-0.05, 0) is 12.1 Å².